The van der Waals surface area contributed by atoms with Gasteiger partial charge in [-0.3, -0.25) is 9.69 Å². The molecule has 2 aromatic rings. The van der Waals surface area contributed by atoms with E-state index in [1.54, 1.807) is 0 Å². The van der Waals surface area contributed by atoms with Crippen LogP contribution >= 0.6 is 0 Å². The maximum absolute atomic E-state index is 12.8. The molecule has 2 aliphatic rings. The molecule has 5 nitrogen and oxygen atoms in total. The SMILES string of the molecule is O=C(c1ccc2[nH]ccc2c1)N1CCN(CCCC2CCOCC2)CC1. The number of aromatic amines is 1. The van der Waals surface area contributed by atoms with Crippen LogP contribution in [0, 0.1) is 5.92 Å². The fraction of sp³-hybridized carbons (Fsp3) is 0.571. The van der Waals surface area contributed by atoms with E-state index in [2.05, 4.69) is 9.88 Å². The van der Waals surface area contributed by atoms with Crippen LogP contribution in [-0.2, 0) is 4.74 Å². The number of piperazine rings is 1. The average Bonchev–Trinajstić information content (AvgIpc) is 3.17. The summed E-state index contributed by atoms with van der Waals surface area (Å²) in [5, 5.41) is 1.10. The number of fused-ring (bicyclic) bond motifs is 1. The van der Waals surface area contributed by atoms with E-state index in [1.165, 1.54) is 25.7 Å². The van der Waals surface area contributed by atoms with Gasteiger partial charge >= 0.3 is 0 Å². The van der Waals surface area contributed by atoms with Crippen molar-refractivity contribution in [2.75, 3.05) is 45.9 Å². The Balaban J connectivity index is 1.23. The van der Waals surface area contributed by atoms with Crippen LogP contribution in [0.4, 0.5) is 0 Å². The molecule has 5 heteroatoms. The van der Waals surface area contributed by atoms with Gasteiger partial charge in [-0.05, 0) is 62.4 Å². The predicted octanol–water partition coefficient (Wildman–Crippen LogP) is 3.13. The zero-order valence-electron chi connectivity index (χ0n) is 15.5. The third kappa shape index (κ3) is 4.10. The van der Waals surface area contributed by atoms with E-state index >= 15 is 0 Å². The highest BCUT2D eigenvalue weighted by atomic mass is 16.5. The molecular weight excluding hydrogens is 326 g/mol. The van der Waals surface area contributed by atoms with Crippen molar-refractivity contribution in [1.82, 2.24) is 14.8 Å². The number of nitrogens with one attached hydrogen (secondary N) is 1. The Labute approximate surface area is 155 Å². The standard InChI is InChI=1S/C21H29N3O2/c25-21(19-3-4-20-18(16-19)5-8-22-20)24-12-10-23(11-13-24)9-1-2-17-6-14-26-15-7-17/h3-5,8,16-17,22H,1-2,6-7,9-15H2. The van der Waals surface area contributed by atoms with Gasteiger partial charge in [0.2, 0.25) is 0 Å². The van der Waals surface area contributed by atoms with Gasteiger partial charge in [-0.15, -0.1) is 0 Å². The molecule has 26 heavy (non-hydrogen) atoms. The van der Waals surface area contributed by atoms with Crippen LogP contribution in [0.5, 0.6) is 0 Å². The maximum Gasteiger partial charge on any atom is 0.253 e. The van der Waals surface area contributed by atoms with Crippen molar-refractivity contribution in [2.45, 2.75) is 25.7 Å². The number of H-pyrrole nitrogens is 1. The minimum Gasteiger partial charge on any atom is -0.381 e. The number of ether oxygens (including phenoxy) is 1. The molecule has 1 aromatic carbocycles. The van der Waals surface area contributed by atoms with Crippen LogP contribution in [0.2, 0.25) is 0 Å². The van der Waals surface area contributed by atoms with Crippen molar-refractivity contribution in [1.29, 1.82) is 0 Å². The molecule has 1 aromatic heterocycles. The minimum absolute atomic E-state index is 0.162. The van der Waals surface area contributed by atoms with E-state index in [4.69, 9.17) is 4.74 Å². The number of carbonyl (C=O) groups excluding carboxylic acids is 1. The highest BCUT2D eigenvalue weighted by molar-refractivity contribution is 5.98. The zero-order valence-corrected chi connectivity index (χ0v) is 15.5. The molecule has 140 valence electrons. The van der Waals surface area contributed by atoms with Gasteiger partial charge < -0.3 is 14.6 Å². The Morgan fingerprint density at radius 3 is 2.73 bits per heavy atom. The van der Waals surface area contributed by atoms with Crippen molar-refractivity contribution < 1.29 is 9.53 Å². The summed E-state index contributed by atoms with van der Waals surface area (Å²) in [6.45, 7) is 6.70. The molecule has 0 atom stereocenters. The van der Waals surface area contributed by atoms with Gasteiger partial charge in [-0.25, -0.2) is 0 Å². The Morgan fingerprint density at radius 2 is 1.92 bits per heavy atom. The van der Waals surface area contributed by atoms with Gasteiger partial charge in [0.1, 0.15) is 0 Å². The lowest BCUT2D eigenvalue weighted by molar-refractivity contribution is 0.0580. The van der Waals surface area contributed by atoms with E-state index in [1.807, 2.05) is 35.4 Å². The second-order valence-electron chi connectivity index (χ2n) is 7.61. The van der Waals surface area contributed by atoms with Gasteiger partial charge in [-0.1, -0.05) is 0 Å². The van der Waals surface area contributed by atoms with E-state index in [9.17, 15) is 4.79 Å². The molecule has 0 aliphatic carbocycles. The summed E-state index contributed by atoms with van der Waals surface area (Å²) in [5.74, 6) is 1.02. The van der Waals surface area contributed by atoms with Crippen LogP contribution in [0.3, 0.4) is 0 Å². The predicted molar refractivity (Wildman–Crippen MR) is 103 cm³/mol. The van der Waals surface area contributed by atoms with Crippen molar-refractivity contribution in [3.8, 4) is 0 Å². The van der Waals surface area contributed by atoms with Gasteiger partial charge in [0.05, 0.1) is 0 Å². The first-order valence-electron chi connectivity index (χ1n) is 9.96. The lowest BCUT2D eigenvalue weighted by Crippen LogP contribution is -2.48. The molecule has 1 amide bonds. The van der Waals surface area contributed by atoms with Crippen LogP contribution in [0.1, 0.15) is 36.0 Å². The van der Waals surface area contributed by atoms with E-state index in [0.717, 1.165) is 68.3 Å². The first kappa shape index (κ1) is 17.6. The van der Waals surface area contributed by atoms with Gasteiger partial charge in [0.25, 0.3) is 5.91 Å². The zero-order chi connectivity index (χ0) is 17.8. The van der Waals surface area contributed by atoms with Crippen molar-refractivity contribution in [2.24, 2.45) is 5.92 Å². The second-order valence-corrected chi connectivity index (χ2v) is 7.61. The fourth-order valence-electron chi connectivity index (χ4n) is 4.18. The minimum atomic E-state index is 0.162. The first-order chi connectivity index (χ1) is 12.8. The topological polar surface area (TPSA) is 48.6 Å². The summed E-state index contributed by atoms with van der Waals surface area (Å²) < 4.78 is 5.44. The molecule has 2 aliphatic heterocycles. The Hall–Kier alpha value is -1.85. The first-order valence-corrected chi connectivity index (χ1v) is 9.96. The summed E-state index contributed by atoms with van der Waals surface area (Å²) in [7, 11) is 0. The highest BCUT2D eigenvalue weighted by Crippen LogP contribution is 2.21. The summed E-state index contributed by atoms with van der Waals surface area (Å²) in [5.41, 5.74) is 1.88. The molecule has 0 bridgehead atoms. The highest BCUT2D eigenvalue weighted by Gasteiger charge is 2.22. The number of nitrogens with zero attached hydrogens (tertiary/aromatic N) is 2. The summed E-state index contributed by atoms with van der Waals surface area (Å²) in [6.07, 6.45) is 6.96. The van der Waals surface area contributed by atoms with E-state index in [-0.39, 0.29) is 5.91 Å². The third-order valence-corrected chi connectivity index (χ3v) is 5.89. The number of amides is 1. The average molecular weight is 355 g/mol. The van der Waals surface area contributed by atoms with Crippen LogP contribution in [0.15, 0.2) is 30.5 Å². The van der Waals surface area contributed by atoms with Crippen LogP contribution in [-0.4, -0.2) is 66.6 Å². The molecular formula is C21H29N3O2. The number of benzene rings is 1. The van der Waals surface area contributed by atoms with Gasteiger partial charge in [-0.2, -0.15) is 0 Å². The van der Waals surface area contributed by atoms with Crippen molar-refractivity contribution >= 4 is 16.8 Å². The molecule has 0 saturated carbocycles. The Bertz CT molecular complexity index is 728. The molecule has 2 saturated heterocycles. The van der Waals surface area contributed by atoms with Gasteiger partial charge in [0.15, 0.2) is 0 Å². The molecule has 3 heterocycles. The van der Waals surface area contributed by atoms with Gasteiger partial charge in [0, 0.05) is 62.1 Å². The summed E-state index contributed by atoms with van der Waals surface area (Å²) in [4.78, 5) is 20.5. The Morgan fingerprint density at radius 1 is 1.12 bits per heavy atom. The number of aromatic nitrogens is 1. The molecule has 2 fully saturated rings. The number of hydrogen-bond donors (Lipinski definition) is 1. The van der Waals surface area contributed by atoms with Crippen molar-refractivity contribution in [3.63, 3.8) is 0 Å². The maximum atomic E-state index is 12.8. The third-order valence-electron chi connectivity index (χ3n) is 5.89. The number of carbonyl (C=O) groups is 1. The lowest BCUT2D eigenvalue weighted by Gasteiger charge is -2.35. The quantitative estimate of drug-likeness (QED) is 0.896. The number of hydrogen-bond acceptors (Lipinski definition) is 3. The fourth-order valence-corrected chi connectivity index (χ4v) is 4.18. The summed E-state index contributed by atoms with van der Waals surface area (Å²) in [6, 6.07) is 7.94. The lowest BCUT2D eigenvalue weighted by atomic mass is 9.95. The van der Waals surface area contributed by atoms with Crippen LogP contribution < -0.4 is 0 Å². The molecule has 0 radical (unpaired) electrons. The van der Waals surface area contributed by atoms with E-state index in [0.29, 0.717) is 0 Å². The monoisotopic (exact) mass is 355 g/mol. The molecule has 0 spiro atoms. The van der Waals surface area contributed by atoms with Crippen LogP contribution in [0.25, 0.3) is 10.9 Å². The largest absolute Gasteiger partial charge is 0.381 e. The molecule has 1 N–H and O–H groups in total. The van der Waals surface area contributed by atoms with Crippen molar-refractivity contribution in [3.05, 3.63) is 36.0 Å². The normalized spacial score (nSPS) is 19.9. The summed E-state index contributed by atoms with van der Waals surface area (Å²) >= 11 is 0. The Kier molecular flexibility index (Phi) is 5.56. The number of rotatable bonds is 5. The molecule has 0 unspecified atom stereocenters. The molecule has 4 rings (SSSR count). The second kappa shape index (κ2) is 8.23. The van der Waals surface area contributed by atoms with E-state index < -0.39 is 0 Å². The smallest absolute Gasteiger partial charge is 0.253 e.